The molecule has 0 aromatic carbocycles. The van der Waals surface area contributed by atoms with Crippen LogP contribution in [-0.2, 0) is 0 Å². The lowest BCUT2D eigenvalue weighted by atomic mass is 10.5. The molecule has 0 atom stereocenters. The molecule has 0 aliphatic heterocycles. The Morgan fingerprint density at radius 3 is 0.760 bits per heavy atom. The zero-order valence-electron chi connectivity index (χ0n) is 20.0. The molecule has 0 bridgehead atoms. The first kappa shape index (κ1) is 25.6. The van der Waals surface area contributed by atoms with E-state index < -0.39 is 22.5 Å². The number of hydrogen-bond acceptors (Lipinski definition) is 1. The van der Waals surface area contributed by atoms with E-state index in [1.807, 2.05) is 0 Å². The minimum absolute atomic E-state index is 0.451. The van der Waals surface area contributed by atoms with Crippen LogP contribution < -0.4 is 0 Å². The lowest BCUT2D eigenvalue weighted by Crippen LogP contribution is -2.85. The summed E-state index contributed by atoms with van der Waals surface area (Å²) < 4.78 is 0. The van der Waals surface area contributed by atoms with Crippen molar-refractivity contribution in [1.82, 2.24) is 0 Å². The van der Waals surface area contributed by atoms with Crippen LogP contribution in [0.15, 0.2) is 0 Å². The first-order chi connectivity index (χ1) is 11.1. The highest BCUT2D eigenvalue weighted by Gasteiger charge is 2.73. The molecule has 0 radical (unpaired) electrons. The van der Waals surface area contributed by atoms with Gasteiger partial charge in [0.15, 0.2) is 7.83 Å². The highest BCUT2D eigenvalue weighted by Crippen LogP contribution is 2.61. The maximum absolute atomic E-state index is 12.7. The van der Waals surface area contributed by atoms with E-state index in [1.165, 1.54) is 0 Å². The average Bonchev–Trinajstić information content (AvgIpc) is 2.40. The fraction of sp³-hybridized carbons (Fsp3) is 1.00. The Morgan fingerprint density at radius 2 is 0.640 bits per heavy atom. The lowest BCUT2D eigenvalue weighted by Gasteiger charge is -2.67. The third-order valence-electron chi connectivity index (χ3n) is 7.83. The van der Waals surface area contributed by atoms with Gasteiger partial charge in [-0.05, 0) is 11.1 Å². The molecule has 1 nitrogen and oxygen atoms in total. The summed E-state index contributed by atoms with van der Waals surface area (Å²) in [5, 5.41) is 0. The van der Waals surface area contributed by atoms with Crippen molar-refractivity contribution in [2.45, 2.75) is 136 Å². The maximum Gasteiger partial charge on any atom is 0.178 e. The molecule has 152 valence electrons. The van der Waals surface area contributed by atoms with Gasteiger partial charge in [0, 0.05) is 0 Å². The van der Waals surface area contributed by atoms with Crippen LogP contribution in [0.2, 0.25) is 38.8 Å². The average molecular weight is 403 g/mol. The van der Waals surface area contributed by atoms with Gasteiger partial charge >= 0.3 is 0 Å². The van der Waals surface area contributed by atoms with E-state index in [1.54, 1.807) is 0 Å². The molecule has 0 aromatic rings. The molecule has 0 saturated carbocycles. The molecule has 25 heavy (non-hydrogen) atoms. The van der Waals surface area contributed by atoms with Crippen LogP contribution in [0, 0.1) is 0 Å². The minimum Gasteiger partial charge on any atom is -0.434 e. The van der Waals surface area contributed by atoms with Gasteiger partial charge in [-0.2, -0.15) is 0 Å². The van der Waals surface area contributed by atoms with Crippen molar-refractivity contribution in [2.24, 2.45) is 0 Å². The Kier molecular flexibility index (Phi) is 8.96. The predicted octanol–water partition coefficient (Wildman–Crippen LogP) is 7.85. The van der Waals surface area contributed by atoms with Gasteiger partial charge in [0.1, 0.15) is 0 Å². The minimum atomic E-state index is -2.43. The molecule has 1 N–H and O–H groups in total. The van der Waals surface area contributed by atoms with Crippen molar-refractivity contribution >= 4 is 22.5 Å². The second kappa shape index (κ2) is 8.74. The summed E-state index contributed by atoms with van der Waals surface area (Å²) in [6.45, 7) is 34.4. The predicted molar refractivity (Wildman–Crippen MR) is 125 cm³/mol. The number of hydrogen-bond donors (Lipinski definition) is 1. The Hall–Kier alpha value is 0.611. The Balaban J connectivity index is 7.46. The zero-order chi connectivity index (χ0) is 20.5. The highest BCUT2D eigenvalue weighted by atomic mass is 29.6. The van der Waals surface area contributed by atoms with E-state index in [4.69, 9.17) is 0 Å². The second-order valence-electron chi connectivity index (χ2n) is 10.7. The Bertz CT molecular complexity index is 374. The van der Waals surface area contributed by atoms with Crippen LogP contribution in [0.25, 0.3) is 0 Å². The SMILES string of the molecule is CC(C)[Si](O)(C(C)C)[Si](C(C)C)(C(C)C)[Si](C(C)C)(C(C)C)C(C)C. The molecule has 0 rings (SSSR count). The molecule has 0 aliphatic carbocycles. The van der Waals surface area contributed by atoms with Crippen LogP contribution in [0.1, 0.15) is 96.9 Å². The van der Waals surface area contributed by atoms with Crippen molar-refractivity contribution in [3.05, 3.63) is 0 Å². The molecule has 0 heterocycles. The molecule has 0 spiro atoms. The summed E-state index contributed by atoms with van der Waals surface area (Å²) in [4.78, 5) is 12.7. The topological polar surface area (TPSA) is 20.2 Å². The molecule has 4 heteroatoms. The van der Waals surface area contributed by atoms with Crippen molar-refractivity contribution in [1.29, 1.82) is 0 Å². The molecule has 0 amide bonds. The van der Waals surface area contributed by atoms with Crippen LogP contribution in [-0.4, -0.2) is 27.3 Å². The third kappa shape index (κ3) is 3.42. The van der Waals surface area contributed by atoms with E-state index in [0.717, 1.165) is 16.6 Å². The van der Waals surface area contributed by atoms with Gasteiger partial charge in [0.2, 0.25) is 0 Å². The lowest BCUT2D eigenvalue weighted by molar-refractivity contribution is 0.514. The summed E-state index contributed by atoms with van der Waals surface area (Å²) in [6, 6.07) is 0. The molecule has 0 saturated heterocycles. The second-order valence-corrected chi connectivity index (χ2v) is 35.5. The summed E-state index contributed by atoms with van der Waals surface area (Å²) in [7, 11) is -6.14. The highest BCUT2D eigenvalue weighted by molar-refractivity contribution is 7.70. The molecule has 0 aliphatic rings. The van der Waals surface area contributed by atoms with Gasteiger partial charge < -0.3 is 4.80 Å². The fourth-order valence-corrected chi connectivity index (χ4v) is 71.2. The quantitative estimate of drug-likeness (QED) is 0.389. The molecule has 0 unspecified atom stereocenters. The van der Waals surface area contributed by atoms with Crippen LogP contribution >= 0.6 is 0 Å². The van der Waals surface area contributed by atoms with Crippen LogP contribution in [0.5, 0.6) is 0 Å². The van der Waals surface area contributed by atoms with Crippen LogP contribution in [0.3, 0.4) is 0 Å². The normalized spacial score (nSPS) is 15.1. The van der Waals surface area contributed by atoms with E-state index in [-0.39, 0.29) is 0 Å². The molecular formula is C21H50OSi3. The first-order valence-electron chi connectivity index (χ1n) is 10.8. The molecular weight excluding hydrogens is 352 g/mol. The monoisotopic (exact) mass is 402 g/mol. The van der Waals surface area contributed by atoms with Gasteiger partial charge in [-0.15, -0.1) is 0 Å². The molecule has 0 aromatic heterocycles. The van der Waals surface area contributed by atoms with Gasteiger partial charge in [0.25, 0.3) is 0 Å². The van der Waals surface area contributed by atoms with E-state index >= 15 is 0 Å². The van der Waals surface area contributed by atoms with Crippen LogP contribution in [0.4, 0.5) is 0 Å². The number of rotatable bonds is 9. The van der Waals surface area contributed by atoms with Gasteiger partial charge in [0.05, 0.1) is 14.7 Å². The van der Waals surface area contributed by atoms with E-state index in [9.17, 15) is 4.80 Å². The first-order valence-corrected chi connectivity index (χ1v) is 19.3. The fourth-order valence-electron chi connectivity index (χ4n) is 7.99. The zero-order valence-corrected chi connectivity index (χ0v) is 23.0. The van der Waals surface area contributed by atoms with Crippen molar-refractivity contribution in [3.63, 3.8) is 0 Å². The van der Waals surface area contributed by atoms with Gasteiger partial charge in [-0.3, -0.25) is 0 Å². The van der Waals surface area contributed by atoms with Gasteiger partial charge in [-0.25, -0.2) is 0 Å². The third-order valence-corrected chi connectivity index (χ3v) is 54.8. The summed E-state index contributed by atoms with van der Waals surface area (Å²) in [5.74, 6) is 0. The van der Waals surface area contributed by atoms with Crippen molar-refractivity contribution in [2.75, 3.05) is 0 Å². The summed E-state index contributed by atoms with van der Waals surface area (Å²) in [5.41, 5.74) is 4.43. The smallest absolute Gasteiger partial charge is 0.178 e. The van der Waals surface area contributed by atoms with Crippen molar-refractivity contribution < 1.29 is 4.80 Å². The van der Waals surface area contributed by atoms with Gasteiger partial charge in [-0.1, -0.05) is 125 Å². The standard InChI is InChI=1S/C21H50OSi3/c1-15(2)23(16(3)4,17(5)6)25(20(11)12,21(13)14)24(22,18(7)8)19(9)10/h15-22H,1-14H3. The largest absolute Gasteiger partial charge is 0.434 e. The summed E-state index contributed by atoms with van der Waals surface area (Å²) >= 11 is 0. The Labute approximate surface area is 163 Å². The summed E-state index contributed by atoms with van der Waals surface area (Å²) in [6.07, 6.45) is 0. The maximum atomic E-state index is 12.7. The van der Waals surface area contributed by atoms with Crippen molar-refractivity contribution in [3.8, 4) is 0 Å². The van der Waals surface area contributed by atoms with E-state index in [0.29, 0.717) is 22.2 Å². The Morgan fingerprint density at radius 1 is 0.400 bits per heavy atom. The van der Waals surface area contributed by atoms with E-state index in [2.05, 4.69) is 96.9 Å². The molecule has 0 fully saturated rings.